The van der Waals surface area contributed by atoms with Gasteiger partial charge in [-0.3, -0.25) is 9.38 Å². The van der Waals surface area contributed by atoms with Crippen molar-refractivity contribution in [2.45, 2.75) is 0 Å². The molecule has 26 heavy (non-hydrogen) atoms. The number of aromatic nitrogens is 5. The molecule has 124 valence electrons. The number of pyridine rings is 3. The third-order valence-corrected chi connectivity index (χ3v) is 4.36. The summed E-state index contributed by atoms with van der Waals surface area (Å²) in [4.78, 5) is 8.10. The first-order valence-corrected chi connectivity index (χ1v) is 8.10. The summed E-state index contributed by atoms with van der Waals surface area (Å²) in [5.41, 5.74) is 4.33. The van der Waals surface area contributed by atoms with Gasteiger partial charge in [0, 0.05) is 35.1 Å². The van der Waals surface area contributed by atoms with Gasteiger partial charge in [-0.25, -0.2) is 4.98 Å². The fourth-order valence-corrected chi connectivity index (χ4v) is 3.09. The lowest BCUT2D eigenvalue weighted by Gasteiger charge is -2.06. The van der Waals surface area contributed by atoms with E-state index in [9.17, 15) is 4.39 Å². The van der Waals surface area contributed by atoms with Crippen LogP contribution >= 0.6 is 0 Å². The lowest BCUT2D eigenvalue weighted by molar-refractivity contribution is 0.584. The second kappa shape index (κ2) is 5.70. The SMILES string of the molecule is Fc1ccc(-c2ccn3c(-c4ccnc5ccccc45)nnc3c2)cn1. The molecule has 0 unspecified atom stereocenters. The van der Waals surface area contributed by atoms with E-state index in [1.54, 1.807) is 12.3 Å². The van der Waals surface area contributed by atoms with E-state index in [-0.39, 0.29) is 0 Å². The Morgan fingerprint density at radius 3 is 2.65 bits per heavy atom. The van der Waals surface area contributed by atoms with E-state index in [2.05, 4.69) is 20.2 Å². The fourth-order valence-electron chi connectivity index (χ4n) is 3.09. The molecule has 0 spiro atoms. The Hall–Kier alpha value is -3.67. The topological polar surface area (TPSA) is 56.0 Å². The van der Waals surface area contributed by atoms with Crippen molar-refractivity contribution in [2.75, 3.05) is 0 Å². The quantitative estimate of drug-likeness (QED) is 0.453. The van der Waals surface area contributed by atoms with Gasteiger partial charge in [-0.15, -0.1) is 10.2 Å². The average molecular weight is 341 g/mol. The van der Waals surface area contributed by atoms with Crippen molar-refractivity contribution >= 4 is 16.6 Å². The standard InChI is InChI=1S/C20H12FN5/c21-18-6-5-14(12-23-18)13-8-10-26-19(11-13)24-25-20(26)16-7-9-22-17-4-2-1-3-15(16)17/h1-12H. The van der Waals surface area contributed by atoms with Crippen LogP contribution in [0.15, 0.2) is 73.2 Å². The van der Waals surface area contributed by atoms with Crippen LogP contribution in [0.4, 0.5) is 4.39 Å². The minimum Gasteiger partial charge on any atom is -0.282 e. The van der Waals surface area contributed by atoms with E-state index in [1.165, 1.54) is 12.3 Å². The number of hydrogen-bond donors (Lipinski definition) is 0. The maximum Gasteiger partial charge on any atom is 0.212 e. The first kappa shape index (κ1) is 14.7. The van der Waals surface area contributed by atoms with Crippen LogP contribution in [-0.4, -0.2) is 24.6 Å². The van der Waals surface area contributed by atoms with Gasteiger partial charge in [0.05, 0.1) is 5.52 Å². The van der Waals surface area contributed by atoms with Crippen molar-refractivity contribution in [3.8, 4) is 22.5 Å². The van der Waals surface area contributed by atoms with E-state index >= 15 is 0 Å². The van der Waals surface area contributed by atoms with Gasteiger partial charge < -0.3 is 0 Å². The smallest absolute Gasteiger partial charge is 0.212 e. The molecule has 1 aromatic carbocycles. The summed E-state index contributed by atoms with van der Waals surface area (Å²) in [5, 5.41) is 9.70. The number of nitrogens with zero attached hydrogens (tertiary/aromatic N) is 5. The minimum absolute atomic E-state index is 0.496. The number of halogens is 1. The van der Waals surface area contributed by atoms with Crippen molar-refractivity contribution in [2.24, 2.45) is 0 Å². The molecule has 0 bridgehead atoms. The normalized spacial score (nSPS) is 11.3. The molecule has 0 N–H and O–H groups in total. The minimum atomic E-state index is -0.496. The second-order valence-electron chi connectivity index (χ2n) is 5.91. The van der Waals surface area contributed by atoms with Crippen LogP contribution in [0.25, 0.3) is 39.1 Å². The summed E-state index contributed by atoms with van der Waals surface area (Å²) in [6, 6.07) is 16.8. The molecule has 0 atom stereocenters. The first-order valence-electron chi connectivity index (χ1n) is 8.10. The molecule has 0 saturated heterocycles. The maximum absolute atomic E-state index is 13.0. The van der Waals surface area contributed by atoms with Gasteiger partial charge in [0.25, 0.3) is 0 Å². The lowest BCUT2D eigenvalue weighted by Crippen LogP contribution is -1.92. The molecule has 4 aromatic heterocycles. The van der Waals surface area contributed by atoms with E-state index in [0.717, 1.165) is 33.4 Å². The van der Waals surface area contributed by atoms with E-state index in [1.807, 2.05) is 53.1 Å². The molecular formula is C20H12FN5. The highest BCUT2D eigenvalue weighted by Crippen LogP contribution is 2.27. The summed E-state index contributed by atoms with van der Waals surface area (Å²) in [6.07, 6.45) is 5.20. The maximum atomic E-state index is 13.0. The molecule has 0 aliphatic rings. The zero-order valence-electron chi connectivity index (χ0n) is 13.5. The highest BCUT2D eigenvalue weighted by molar-refractivity contribution is 5.92. The predicted molar refractivity (Wildman–Crippen MR) is 96.9 cm³/mol. The highest BCUT2D eigenvalue weighted by Gasteiger charge is 2.12. The van der Waals surface area contributed by atoms with Gasteiger partial charge in [-0.2, -0.15) is 4.39 Å². The number of para-hydroxylation sites is 1. The van der Waals surface area contributed by atoms with Crippen LogP contribution in [0.5, 0.6) is 0 Å². The van der Waals surface area contributed by atoms with Gasteiger partial charge >= 0.3 is 0 Å². The Bertz CT molecular complexity index is 1240. The Balaban J connectivity index is 1.67. The van der Waals surface area contributed by atoms with Gasteiger partial charge in [0.1, 0.15) is 0 Å². The van der Waals surface area contributed by atoms with Crippen LogP contribution in [0.3, 0.4) is 0 Å². The Labute approximate surface area is 147 Å². The van der Waals surface area contributed by atoms with Crippen LogP contribution in [0.1, 0.15) is 0 Å². The third kappa shape index (κ3) is 2.31. The molecule has 0 aliphatic heterocycles. The first-order chi connectivity index (χ1) is 12.8. The highest BCUT2D eigenvalue weighted by atomic mass is 19.1. The molecule has 0 saturated carbocycles. The molecule has 4 heterocycles. The van der Waals surface area contributed by atoms with Gasteiger partial charge in [0.2, 0.25) is 5.95 Å². The Morgan fingerprint density at radius 1 is 0.846 bits per heavy atom. The number of benzene rings is 1. The third-order valence-electron chi connectivity index (χ3n) is 4.36. The predicted octanol–water partition coefficient (Wildman–Crippen LogP) is 4.15. The summed E-state index contributed by atoms with van der Waals surface area (Å²) < 4.78 is 15.0. The van der Waals surface area contributed by atoms with Crippen LogP contribution in [-0.2, 0) is 0 Å². The van der Waals surface area contributed by atoms with Crippen molar-refractivity contribution < 1.29 is 4.39 Å². The lowest BCUT2D eigenvalue weighted by atomic mass is 10.1. The van der Waals surface area contributed by atoms with E-state index < -0.39 is 5.95 Å². The van der Waals surface area contributed by atoms with Crippen molar-refractivity contribution in [1.82, 2.24) is 24.6 Å². The summed E-state index contributed by atoms with van der Waals surface area (Å²) in [7, 11) is 0. The number of fused-ring (bicyclic) bond motifs is 2. The van der Waals surface area contributed by atoms with Crippen molar-refractivity contribution in [3.05, 3.63) is 79.1 Å². The van der Waals surface area contributed by atoms with E-state index in [4.69, 9.17) is 0 Å². The molecule has 0 amide bonds. The fraction of sp³-hybridized carbons (Fsp3) is 0. The molecule has 0 fully saturated rings. The van der Waals surface area contributed by atoms with E-state index in [0.29, 0.717) is 5.65 Å². The zero-order chi connectivity index (χ0) is 17.5. The number of rotatable bonds is 2. The zero-order valence-corrected chi connectivity index (χ0v) is 13.5. The van der Waals surface area contributed by atoms with Crippen LogP contribution < -0.4 is 0 Å². The monoisotopic (exact) mass is 341 g/mol. The average Bonchev–Trinajstić information content (AvgIpc) is 3.11. The molecular weight excluding hydrogens is 329 g/mol. The van der Waals surface area contributed by atoms with Crippen LogP contribution in [0.2, 0.25) is 0 Å². The molecule has 5 nitrogen and oxygen atoms in total. The Morgan fingerprint density at radius 2 is 1.77 bits per heavy atom. The second-order valence-corrected chi connectivity index (χ2v) is 5.91. The van der Waals surface area contributed by atoms with Crippen LogP contribution in [0, 0.1) is 5.95 Å². The summed E-state index contributed by atoms with van der Waals surface area (Å²) in [6.45, 7) is 0. The number of hydrogen-bond acceptors (Lipinski definition) is 4. The molecule has 5 rings (SSSR count). The Kier molecular flexibility index (Phi) is 3.21. The summed E-state index contributed by atoms with van der Waals surface area (Å²) in [5.74, 6) is 0.256. The largest absolute Gasteiger partial charge is 0.282 e. The molecule has 5 aromatic rings. The molecule has 6 heteroatoms. The van der Waals surface area contributed by atoms with Crippen molar-refractivity contribution in [3.63, 3.8) is 0 Å². The van der Waals surface area contributed by atoms with Gasteiger partial charge in [-0.1, -0.05) is 18.2 Å². The van der Waals surface area contributed by atoms with Gasteiger partial charge in [-0.05, 0) is 42.0 Å². The summed E-state index contributed by atoms with van der Waals surface area (Å²) >= 11 is 0. The molecule has 0 aliphatic carbocycles. The molecule has 0 radical (unpaired) electrons. The van der Waals surface area contributed by atoms with Gasteiger partial charge in [0.15, 0.2) is 11.5 Å². The van der Waals surface area contributed by atoms with Crippen molar-refractivity contribution in [1.29, 1.82) is 0 Å².